The number of piperidine rings is 1. The van der Waals surface area contributed by atoms with Gasteiger partial charge in [0.25, 0.3) is 5.91 Å². The Morgan fingerprint density at radius 1 is 1.25 bits per heavy atom. The van der Waals surface area contributed by atoms with Gasteiger partial charge in [-0.15, -0.1) is 12.4 Å². The van der Waals surface area contributed by atoms with Crippen molar-refractivity contribution in [1.82, 2.24) is 10.6 Å². The summed E-state index contributed by atoms with van der Waals surface area (Å²) in [6.45, 7) is 3.94. The summed E-state index contributed by atoms with van der Waals surface area (Å²) < 4.78 is 0. The van der Waals surface area contributed by atoms with Crippen LogP contribution in [0.25, 0.3) is 0 Å². The van der Waals surface area contributed by atoms with Gasteiger partial charge in [-0.1, -0.05) is 6.92 Å². The lowest BCUT2D eigenvalue weighted by Crippen LogP contribution is -2.50. The van der Waals surface area contributed by atoms with Gasteiger partial charge >= 0.3 is 0 Å². The van der Waals surface area contributed by atoms with Gasteiger partial charge in [0.1, 0.15) is 0 Å². The minimum Gasteiger partial charge on any atom is -0.366 e. The third-order valence-electron chi connectivity index (χ3n) is 3.58. The zero-order valence-electron chi connectivity index (χ0n) is 11.4. The van der Waals surface area contributed by atoms with Crippen LogP contribution < -0.4 is 16.4 Å². The Kier molecular flexibility index (Phi) is 5.98. The molecule has 1 aliphatic rings. The summed E-state index contributed by atoms with van der Waals surface area (Å²) >= 11 is 0. The lowest BCUT2D eigenvalue weighted by Gasteiger charge is -2.30. The number of primary amides is 1. The maximum atomic E-state index is 12.1. The number of amides is 2. The molecule has 1 saturated heterocycles. The first-order valence-corrected chi connectivity index (χ1v) is 6.49. The van der Waals surface area contributed by atoms with Crippen LogP contribution in [0.1, 0.15) is 34.1 Å². The second-order valence-electron chi connectivity index (χ2n) is 4.99. The van der Waals surface area contributed by atoms with Crippen LogP contribution in [-0.2, 0) is 0 Å². The van der Waals surface area contributed by atoms with Gasteiger partial charge in [-0.25, -0.2) is 0 Å². The number of nitrogens with one attached hydrogen (secondary N) is 2. The van der Waals surface area contributed by atoms with Crippen molar-refractivity contribution in [3.63, 3.8) is 0 Å². The first-order chi connectivity index (χ1) is 9.08. The molecular weight excluding hydrogens is 278 g/mol. The number of rotatable bonds is 3. The monoisotopic (exact) mass is 297 g/mol. The highest BCUT2D eigenvalue weighted by molar-refractivity contribution is 5.97. The number of carbonyl (C=O) groups is 2. The van der Waals surface area contributed by atoms with Crippen molar-refractivity contribution in [2.75, 3.05) is 13.1 Å². The highest BCUT2D eigenvalue weighted by Gasteiger charge is 2.22. The average molecular weight is 298 g/mol. The molecule has 0 radical (unpaired) electrons. The number of benzene rings is 1. The third-order valence-corrected chi connectivity index (χ3v) is 3.58. The SMILES string of the molecule is CC1CCNCC1NC(=O)c1ccc(C(N)=O)cc1.Cl. The molecule has 1 heterocycles. The second-order valence-corrected chi connectivity index (χ2v) is 4.99. The predicted octanol–water partition coefficient (Wildman–Crippen LogP) is 0.935. The fraction of sp³-hybridized carbons (Fsp3) is 0.429. The topological polar surface area (TPSA) is 84.2 Å². The number of nitrogens with two attached hydrogens (primary N) is 1. The van der Waals surface area contributed by atoms with Gasteiger partial charge in [-0.3, -0.25) is 9.59 Å². The Labute approximate surface area is 124 Å². The van der Waals surface area contributed by atoms with Crippen LogP contribution in [0.5, 0.6) is 0 Å². The maximum Gasteiger partial charge on any atom is 0.251 e. The van der Waals surface area contributed by atoms with E-state index >= 15 is 0 Å². The molecule has 0 bridgehead atoms. The van der Waals surface area contributed by atoms with Crippen molar-refractivity contribution in [2.45, 2.75) is 19.4 Å². The molecule has 2 atom stereocenters. The summed E-state index contributed by atoms with van der Waals surface area (Å²) in [4.78, 5) is 23.0. The Morgan fingerprint density at radius 3 is 2.40 bits per heavy atom. The summed E-state index contributed by atoms with van der Waals surface area (Å²) in [5.74, 6) is -0.135. The highest BCUT2D eigenvalue weighted by Crippen LogP contribution is 2.12. The molecule has 5 nitrogen and oxygen atoms in total. The molecule has 1 aliphatic heterocycles. The minimum atomic E-state index is -0.489. The predicted molar refractivity (Wildman–Crippen MR) is 80.1 cm³/mol. The number of hydrogen-bond donors (Lipinski definition) is 3. The maximum absolute atomic E-state index is 12.1. The van der Waals surface area contributed by atoms with Crippen molar-refractivity contribution in [3.8, 4) is 0 Å². The van der Waals surface area contributed by atoms with E-state index < -0.39 is 5.91 Å². The summed E-state index contributed by atoms with van der Waals surface area (Å²) in [6, 6.07) is 6.53. The minimum absolute atomic E-state index is 0. The summed E-state index contributed by atoms with van der Waals surface area (Å²) in [7, 11) is 0. The van der Waals surface area contributed by atoms with Crippen molar-refractivity contribution >= 4 is 24.2 Å². The number of carbonyl (C=O) groups excluding carboxylic acids is 2. The summed E-state index contributed by atoms with van der Waals surface area (Å²) in [5, 5.41) is 6.29. The van der Waals surface area contributed by atoms with Crippen LogP contribution in [0.3, 0.4) is 0 Å². The van der Waals surface area contributed by atoms with E-state index in [1.807, 2.05) is 0 Å². The van der Waals surface area contributed by atoms with Crippen molar-refractivity contribution < 1.29 is 9.59 Å². The van der Waals surface area contributed by atoms with E-state index in [-0.39, 0.29) is 24.4 Å². The van der Waals surface area contributed by atoms with E-state index in [1.54, 1.807) is 24.3 Å². The van der Waals surface area contributed by atoms with E-state index in [0.717, 1.165) is 19.5 Å². The van der Waals surface area contributed by atoms with Crippen molar-refractivity contribution in [1.29, 1.82) is 0 Å². The standard InChI is InChI=1S/C14H19N3O2.ClH/c1-9-6-7-16-8-12(9)17-14(19)11-4-2-10(3-5-11)13(15)18;/h2-5,9,12,16H,6-8H2,1H3,(H2,15,18)(H,17,19);1H. The Bertz CT molecular complexity index is 476. The Morgan fingerprint density at radius 2 is 1.85 bits per heavy atom. The van der Waals surface area contributed by atoms with Crippen LogP contribution in [0.2, 0.25) is 0 Å². The molecule has 4 N–H and O–H groups in total. The van der Waals surface area contributed by atoms with Crippen molar-refractivity contribution in [2.24, 2.45) is 11.7 Å². The third kappa shape index (κ3) is 3.95. The summed E-state index contributed by atoms with van der Waals surface area (Å²) in [6.07, 6.45) is 1.06. The van der Waals surface area contributed by atoms with Crippen LogP contribution in [-0.4, -0.2) is 30.9 Å². The average Bonchev–Trinajstić information content (AvgIpc) is 2.41. The van der Waals surface area contributed by atoms with Gasteiger partial charge < -0.3 is 16.4 Å². The number of hydrogen-bond acceptors (Lipinski definition) is 3. The molecule has 6 heteroatoms. The van der Waals surface area contributed by atoms with E-state index in [0.29, 0.717) is 17.0 Å². The first kappa shape index (κ1) is 16.5. The lowest BCUT2D eigenvalue weighted by atomic mass is 9.94. The van der Waals surface area contributed by atoms with E-state index in [9.17, 15) is 9.59 Å². The molecule has 1 aromatic rings. The zero-order chi connectivity index (χ0) is 13.8. The van der Waals surface area contributed by atoms with Crippen LogP contribution >= 0.6 is 12.4 Å². The molecule has 0 saturated carbocycles. The molecule has 2 unspecified atom stereocenters. The van der Waals surface area contributed by atoms with Crippen LogP contribution in [0, 0.1) is 5.92 Å². The molecule has 0 aromatic heterocycles. The molecule has 1 aromatic carbocycles. The van der Waals surface area contributed by atoms with E-state index in [4.69, 9.17) is 5.73 Å². The van der Waals surface area contributed by atoms with Gasteiger partial charge in [0.15, 0.2) is 0 Å². The normalized spacial score (nSPS) is 21.6. The Balaban J connectivity index is 0.00000200. The van der Waals surface area contributed by atoms with E-state index in [1.165, 1.54) is 0 Å². The highest BCUT2D eigenvalue weighted by atomic mass is 35.5. The van der Waals surface area contributed by atoms with Gasteiger partial charge in [0, 0.05) is 23.7 Å². The molecule has 1 fully saturated rings. The van der Waals surface area contributed by atoms with Gasteiger partial charge in [-0.2, -0.15) is 0 Å². The van der Waals surface area contributed by atoms with Crippen LogP contribution in [0.15, 0.2) is 24.3 Å². The molecule has 2 rings (SSSR count). The lowest BCUT2D eigenvalue weighted by molar-refractivity contribution is 0.0913. The molecule has 0 spiro atoms. The fourth-order valence-corrected chi connectivity index (χ4v) is 2.22. The molecule has 0 aliphatic carbocycles. The summed E-state index contributed by atoms with van der Waals surface area (Å²) in [5.41, 5.74) is 6.11. The van der Waals surface area contributed by atoms with Gasteiger partial charge in [-0.05, 0) is 43.1 Å². The first-order valence-electron chi connectivity index (χ1n) is 6.49. The Hall–Kier alpha value is -1.59. The molecular formula is C14H20ClN3O2. The fourth-order valence-electron chi connectivity index (χ4n) is 2.22. The quantitative estimate of drug-likeness (QED) is 0.776. The zero-order valence-corrected chi connectivity index (χ0v) is 12.2. The van der Waals surface area contributed by atoms with Crippen LogP contribution in [0.4, 0.5) is 0 Å². The largest absolute Gasteiger partial charge is 0.366 e. The molecule has 2 amide bonds. The molecule has 20 heavy (non-hydrogen) atoms. The molecule has 110 valence electrons. The smallest absolute Gasteiger partial charge is 0.251 e. The van der Waals surface area contributed by atoms with Gasteiger partial charge in [0.05, 0.1) is 0 Å². The van der Waals surface area contributed by atoms with E-state index in [2.05, 4.69) is 17.6 Å². The second kappa shape index (κ2) is 7.26. The van der Waals surface area contributed by atoms with Gasteiger partial charge in [0.2, 0.25) is 5.91 Å². The number of halogens is 1. The van der Waals surface area contributed by atoms with Crippen molar-refractivity contribution in [3.05, 3.63) is 35.4 Å².